The molecule has 0 bridgehead atoms. The van der Waals surface area contributed by atoms with Gasteiger partial charge in [0.1, 0.15) is 29.4 Å². The lowest BCUT2D eigenvalue weighted by molar-refractivity contribution is -0.347. The Morgan fingerprint density at radius 1 is 1.02 bits per heavy atom. The third-order valence-electron chi connectivity index (χ3n) is 8.50. The number of nitrogens with zero attached hydrogens (tertiary/aromatic N) is 4. The van der Waals surface area contributed by atoms with Crippen molar-refractivity contribution in [3.05, 3.63) is 89.5 Å². The minimum atomic E-state index is -4.78. The standard InChI is InChI=1S/C32H32F4N4O6S2/c1-43-23-8-5-21(29(16-23)44-2)18-40(31-37-19-38-47-31)48(41,42)25-9-10-26-27(12-14-45-30(26)17-25)39-13-11-24(46-32(34,35)36)15-28(39)20-3-6-22(33)7-4-20/h3-10,16-17,19,24,27-28H,11-15,18H2,1-2H3/t24-,27+,28+/m1/s1. The molecule has 0 aliphatic carbocycles. The van der Waals surface area contributed by atoms with Gasteiger partial charge >= 0.3 is 6.36 Å². The molecule has 3 heterocycles. The second-order valence-electron chi connectivity index (χ2n) is 11.3. The lowest BCUT2D eigenvalue weighted by atomic mass is 9.88. The third kappa shape index (κ3) is 7.21. The first-order chi connectivity index (χ1) is 23.0. The number of alkyl halides is 3. The highest BCUT2D eigenvalue weighted by Crippen LogP contribution is 2.45. The van der Waals surface area contributed by atoms with Crippen LogP contribution in [0, 0.1) is 5.82 Å². The fourth-order valence-corrected chi connectivity index (χ4v) is 8.43. The number of hydrogen-bond acceptors (Lipinski definition) is 10. The van der Waals surface area contributed by atoms with Crippen molar-refractivity contribution in [1.82, 2.24) is 14.3 Å². The molecule has 3 aromatic carbocycles. The molecular weight excluding hydrogens is 676 g/mol. The van der Waals surface area contributed by atoms with Crippen LogP contribution in [0.1, 0.15) is 48.0 Å². The molecule has 0 unspecified atom stereocenters. The molecule has 1 saturated heterocycles. The number of anilines is 1. The van der Waals surface area contributed by atoms with Crippen LogP contribution in [0.2, 0.25) is 0 Å². The quantitative estimate of drug-likeness (QED) is 0.168. The summed E-state index contributed by atoms with van der Waals surface area (Å²) < 4.78 is 108. The molecule has 0 radical (unpaired) electrons. The van der Waals surface area contributed by atoms with E-state index < -0.39 is 34.3 Å². The maximum Gasteiger partial charge on any atom is 0.522 e. The smallest absolute Gasteiger partial charge is 0.497 e. The second-order valence-corrected chi connectivity index (χ2v) is 13.9. The number of sulfonamides is 1. The highest BCUT2D eigenvalue weighted by Gasteiger charge is 2.42. The van der Waals surface area contributed by atoms with Crippen LogP contribution in [0.5, 0.6) is 17.2 Å². The van der Waals surface area contributed by atoms with E-state index in [1.54, 1.807) is 36.4 Å². The lowest BCUT2D eigenvalue weighted by Gasteiger charge is -2.45. The van der Waals surface area contributed by atoms with Crippen molar-refractivity contribution < 1.29 is 44.9 Å². The van der Waals surface area contributed by atoms with E-state index in [4.69, 9.17) is 14.2 Å². The summed E-state index contributed by atoms with van der Waals surface area (Å²) in [4.78, 5) is 6.20. The SMILES string of the molecule is COc1ccc(CN(c2ncns2)S(=O)(=O)c2ccc3c(c2)OCC[C@@H]3N2CC[C@@H](OC(F)(F)F)C[C@H]2c2ccc(F)cc2)c(OC)c1. The number of fused-ring (bicyclic) bond motifs is 1. The van der Waals surface area contributed by atoms with E-state index in [0.717, 1.165) is 15.8 Å². The van der Waals surface area contributed by atoms with E-state index in [1.165, 1.54) is 44.8 Å². The van der Waals surface area contributed by atoms with Gasteiger partial charge in [-0.05, 0) is 48.7 Å². The van der Waals surface area contributed by atoms with Crippen LogP contribution in [0.4, 0.5) is 22.7 Å². The van der Waals surface area contributed by atoms with Gasteiger partial charge in [-0.1, -0.05) is 18.2 Å². The summed E-state index contributed by atoms with van der Waals surface area (Å²) >= 11 is 0.921. The Balaban J connectivity index is 1.32. The van der Waals surface area contributed by atoms with Crippen molar-refractivity contribution in [2.75, 3.05) is 31.7 Å². The molecule has 16 heteroatoms. The van der Waals surface area contributed by atoms with Crippen molar-refractivity contribution in [3.63, 3.8) is 0 Å². The van der Waals surface area contributed by atoms with Crippen molar-refractivity contribution >= 4 is 26.7 Å². The largest absolute Gasteiger partial charge is 0.522 e. The number of ether oxygens (including phenoxy) is 4. The molecule has 3 atom stereocenters. The van der Waals surface area contributed by atoms with Gasteiger partial charge < -0.3 is 14.2 Å². The Labute approximate surface area is 279 Å². The lowest BCUT2D eigenvalue weighted by Crippen LogP contribution is -2.44. The van der Waals surface area contributed by atoms with Gasteiger partial charge in [-0.25, -0.2) is 22.1 Å². The van der Waals surface area contributed by atoms with Gasteiger partial charge in [-0.15, -0.1) is 13.2 Å². The van der Waals surface area contributed by atoms with Crippen molar-refractivity contribution in [2.45, 2.75) is 55.3 Å². The van der Waals surface area contributed by atoms with E-state index in [0.29, 0.717) is 40.4 Å². The van der Waals surface area contributed by atoms with Crippen molar-refractivity contribution in [2.24, 2.45) is 0 Å². The molecule has 0 amide bonds. The Kier molecular flexibility index (Phi) is 9.79. The molecule has 256 valence electrons. The highest BCUT2D eigenvalue weighted by molar-refractivity contribution is 7.93. The number of aromatic nitrogens is 2. The average molecular weight is 709 g/mol. The van der Waals surface area contributed by atoms with E-state index >= 15 is 0 Å². The highest BCUT2D eigenvalue weighted by atomic mass is 32.2. The van der Waals surface area contributed by atoms with E-state index in [2.05, 4.69) is 19.0 Å². The van der Waals surface area contributed by atoms with Gasteiger partial charge in [0, 0.05) is 59.8 Å². The van der Waals surface area contributed by atoms with E-state index in [1.807, 2.05) is 0 Å². The zero-order valence-electron chi connectivity index (χ0n) is 25.9. The maximum absolute atomic E-state index is 14.2. The normalized spacial score (nSPS) is 20.1. The van der Waals surface area contributed by atoms with E-state index in [-0.39, 0.29) is 48.6 Å². The van der Waals surface area contributed by atoms with Crippen LogP contribution in [0.25, 0.3) is 0 Å². The molecule has 1 aromatic heterocycles. The van der Waals surface area contributed by atoms with Crippen LogP contribution < -0.4 is 18.5 Å². The molecule has 6 rings (SSSR count). The fourth-order valence-electron chi connectivity index (χ4n) is 6.29. The number of rotatable bonds is 10. The number of likely N-dealkylation sites (tertiary alicyclic amines) is 1. The Bertz CT molecular complexity index is 1830. The predicted molar refractivity (Wildman–Crippen MR) is 168 cm³/mol. The zero-order chi connectivity index (χ0) is 34.1. The molecule has 0 spiro atoms. The summed E-state index contributed by atoms with van der Waals surface area (Å²) in [7, 11) is -1.22. The number of piperidine rings is 1. The van der Waals surface area contributed by atoms with Crippen LogP contribution in [0.3, 0.4) is 0 Å². The van der Waals surface area contributed by atoms with Crippen molar-refractivity contribution in [3.8, 4) is 17.2 Å². The van der Waals surface area contributed by atoms with Crippen LogP contribution in [-0.4, -0.2) is 62.5 Å². The summed E-state index contributed by atoms with van der Waals surface area (Å²) in [5.74, 6) is 0.859. The first-order valence-electron chi connectivity index (χ1n) is 15.0. The topological polar surface area (TPSA) is 103 Å². The first kappa shape index (κ1) is 33.9. The minimum Gasteiger partial charge on any atom is -0.497 e. The molecule has 0 saturated carbocycles. The first-order valence-corrected chi connectivity index (χ1v) is 17.2. The summed E-state index contributed by atoms with van der Waals surface area (Å²) in [6, 6.07) is 14.6. The second kappa shape index (κ2) is 13.9. The summed E-state index contributed by atoms with van der Waals surface area (Å²) in [6.07, 6.45) is -3.91. The molecule has 0 N–H and O–H groups in total. The predicted octanol–water partition coefficient (Wildman–Crippen LogP) is 6.66. The number of halogens is 4. The van der Waals surface area contributed by atoms with Gasteiger partial charge in [-0.3, -0.25) is 9.64 Å². The Morgan fingerprint density at radius 3 is 2.50 bits per heavy atom. The van der Waals surface area contributed by atoms with Gasteiger partial charge in [0.2, 0.25) is 5.13 Å². The molecule has 2 aliphatic rings. The van der Waals surface area contributed by atoms with E-state index in [9.17, 15) is 26.0 Å². The Morgan fingerprint density at radius 2 is 1.81 bits per heavy atom. The van der Waals surface area contributed by atoms with Gasteiger partial charge in [0.25, 0.3) is 10.0 Å². The Hall–Kier alpha value is -3.99. The fraction of sp³-hybridized carbons (Fsp3) is 0.375. The maximum atomic E-state index is 14.2. The number of hydrogen-bond donors (Lipinski definition) is 0. The molecule has 2 aliphatic heterocycles. The molecular formula is C32H32F4N4O6S2. The third-order valence-corrected chi connectivity index (χ3v) is 11.0. The summed E-state index contributed by atoms with van der Waals surface area (Å²) in [6.45, 7) is 0.403. The zero-order valence-corrected chi connectivity index (χ0v) is 27.5. The van der Waals surface area contributed by atoms with Gasteiger partial charge in [-0.2, -0.15) is 4.37 Å². The molecule has 1 fully saturated rings. The minimum absolute atomic E-state index is 0.0376. The van der Waals surface area contributed by atoms with Gasteiger partial charge in [0.05, 0.1) is 38.4 Å². The number of benzene rings is 3. The van der Waals surface area contributed by atoms with Crippen LogP contribution in [-0.2, 0) is 21.3 Å². The number of methoxy groups -OCH3 is 2. The van der Waals surface area contributed by atoms with Gasteiger partial charge in [0.15, 0.2) is 0 Å². The average Bonchev–Trinajstić information content (AvgIpc) is 3.61. The van der Waals surface area contributed by atoms with Crippen LogP contribution in [0.15, 0.2) is 71.9 Å². The summed E-state index contributed by atoms with van der Waals surface area (Å²) in [5, 5.41) is 0.149. The molecule has 4 aromatic rings. The summed E-state index contributed by atoms with van der Waals surface area (Å²) in [5.41, 5.74) is 1.92. The molecule has 48 heavy (non-hydrogen) atoms. The van der Waals surface area contributed by atoms with Crippen LogP contribution >= 0.6 is 11.5 Å². The van der Waals surface area contributed by atoms with Crippen molar-refractivity contribution in [1.29, 1.82) is 0 Å². The monoisotopic (exact) mass is 708 g/mol. The molecule has 10 nitrogen and oxygen atoms in total.